The van der Waals surface area contributed by atoms with Gasteiger partial charge in [0.05, 0.1) is 6.04 Å². The van der Waals surface area contributed by atoms with Gasteiger partial charge < -0.3 is 10.1 Å². The first kappa shape index (κ1) is 21.4. The summed E-state index contributed by atoms with van der Waals surface area (Å²) in [4.78, 5) is 28.4. The number of carbonyl (C=O) groups excluding carboxylic acids is 2. The van der Waals surface area contributed by atoms with Crippen molar-refractivity contribution in [1.82, 2.24) is 10.3 Å². The molecule has 1 amide bonds. The lowest BCUT2D eigenvalue weighted by Crippen LogP contribution is -2.27. The van der Waals surface area contributed by atoms with Crippen molar-refractivity contribution in [3.05, 3.63) is 59.4 Å². The van der Waals surface area contributed by atoms with E-state index < -0.39 is 18.3 Å². The van der Waals surface area contributed by atoms with Crippen LogP contribution in [-0.2, 0) is 11.2 Å². The van der Waals surface area contributed by atoms with Gasteiger partial charge in [0.15, 0.2) is 0 Å². The largest absolute Gasteiger partial charge is 0.573 e. The molecule has 0 radical (unpaired) electrons. The van der Waals surface area contributed by atoms with Crippen molar-refractivity contribution in [2.24, 2.45) is 5.92 Å². The van der Waals surface area contributed by atoms with Gasteiger partial charge in [-0.15, -0.1) is 13.2 Å². The number of nitrogens with one attached hydrogen (secondary N) is 1. The summed E-state index contributed by atoms with van der Waals surface area (Å²) in [6.45, 7) is 5.23. The molecule has 1 unspecified atom stereocenters. The molecular formula is C20H21F3N2O3. The first-order valence-corrected chi connectivity index (χ1v) is 8.69. The minimum Gasteiger partial charge on any atom is -0.406 e. The van der Waals surface area contributed by atoms with Gasteiger partial charge in [-0.3, -0.25) is 14.6 Å². The fraction of sp³-hybridized carbons (Fsp3) is 0.350. The number of halogens is 3. The van der Waals surface area contributed by atoms with Crippen molar-refractivity contribution < 1.29 is 27.5 Å². The predicted octanol–water partition coefficient (Wildman–Crippen LogP) is 4.24. The van der Waals surface area contributed by atoms with Gasteiger partial charge in [0, 0.05) is 29.8 Å². The maximum atomic E-state index is 12.5. The predicted molar refractivity (Wildman–Crippen MR) is 96.8 cm³/mol. The quantitative estimate of drug-likeness (QED) is 0.763. The Labute approximate surface area is 160 Å². The van der Waals surface area contributed by atoms with E-state index in [1.165, 1.54) is 36.5 Å². The number of hydrogen-bond acceptors (Lipinski definition) is 4. The molecule has 0 saturated heterocycles. The average Bonchev–Trinajstić information content (AvgIpc) is 2.60. The summed E-state index contributed by atoms with van der Waals surface area (Å²) in [6.07, 6.45) is -3.21. The fourth-order valence-corrected chi connectivity index (χ4v) is 2.44. The number of Topliss-reactive ketones (excluding diaryl/α,β-unsaturated/α-hetero) is 1. The zero-order valence-electron chi connectivity index (χ0n) is 15.7. The van der Waals surface area contributed by atoms with Gasteiger partial charge in [0.1, 0.15) is 11.5 Å². The lowest BCUT2D eigenvalue weighted by atomic mass is 10.0. The van der Waals surface area contributed by atoms with E-state index >= 15 is 0 Å². The second-order valence-electron chi connectivity index (χ2n) is 6.65. The highest BCUT2D eigenvalue weighted by molar-refractivity contribution is 5.94. The number of amides is 1. The molecule has 1 aromatic carbocycles. The third kappa shape index (κ3) is 6.37. The summed E-state index contributed by atoms with van der Waals surface area (Å²) in [5, 5.41) is 2.72. The molecule has 5 nitrogen and oxygen atoms in total. The van der Waals surface area contributed by atoms with Crippen LogP contribution in [0.5, 0.6) is 5.75 Å². The fourth-order valence-electron chi connectivity index (χ4n) is 2.44. The van der Waals surface area contributed by atoms with Crippen LogP contribution in [0.1, 0.15) is 48.4 Å². The minimum atomic E-state index is -4.79. The van der Waals surface area contributed by atoms with Crippen LogP contribution in [0, 0.1) is 5.92 Å². The highest BCUT2D eigenvalue weighted by atomic mass is 19.4. The second-order valence-corrected chi connectivity index (χ2v) is 6.65. The van der Waals surface area contributed by atoms with E-state index in [2.05, 4.69) is 15.0 Å². The van der Waals surface area contributed by atoms with Crippen LogP contribution >= 0.6 is 0 Å². The van der Waals surface area contributed by atoms with Crippen molar-refractivity contribution in [3.8, 4) is 5.75 Å². The molecule has 0 aliphatic carbocycles. The van der Waals surface area contributed by atoms with Crippen LogP contribution in [0.3, 0.4) is 0 Å². The number of benzene rings is 1. The number of rotatable bonds is 7. The average molecular weight is 394 g/mol. The lowest BCUT2D eigenvalue weighted by Gasteiger charge is -2.16. The van der Waals surface area contributed by atoms with Crippen LogP contribution in [0.25, 0.3) is 0 Å². The van der Waals surface area contributed by atoms with Gasteiger partial charge >= 0.3 is 6.36 Å². The van der Waals surface area contributed by atoms with E-state index in [0.717, 1.165) is 0 Å². The molecule has 1 heterocycles. The van der Waals surface area contributed by atoms with Crippen molar-refractivity contribution in [3.63, 3.8) is 0 Å². The van der Waals surface area contributed by atoms with Crippen LogP contribution in [0.4, 0.5) is 13.2 Å². The standard InChI is InChI=1S/C20H21F3N2O3/c1-12(2)18(26)11-16-9-15(7-8-24-16)19(27)25-13(3)14-5-4-6-17(10-14)28-20(21,22)23/h4-10,12-13H,11H2,1-3H3,(H,25,27). The molecule has 1 aromatic heterocycles. The van der Waals surface area contributed by atoms with E-state index in [1.54, 1.807) is 26.8 Å². The molecule has 0 saturated carbocycles. The SMILES string of the molecule is CC(C)C(=O)Cc1cc(C(=O)NC(C)c2cccc(OC(F)(F)F)c2)ccn1. The third-order valence-corrected chi connectivity index (χ3v) is 4.02. The van der Waals surface area contributed by atoms with Crippen LogP contribution < -0.4 is 10.1 Å². The number of alkyl halides is 3. The lowest BCUT2D eigenvalue weighted by molar-refractivity contribution is -0.274. The normalized spacial score (nSPS) is 12.5. The number of aromatic nitrogens is 1. The Bertz CT molecular complexity index is 851. The zero-order chi connectivity index (χ0) is 20.9. The molecule has 2 aromatic rings. The molecule has 150 valence electrons. The van der Waals surface area contributed by atoms with Gasteiger partial charge in [-0.1, -0.05) is 26.0 Å². The monoisotopic (exact) mass is 394 g/mol. The van der Waals surface area contributed by atoms with Crippen LogP contribution in [0.15, 0.2) is 42.6 Å². The van der Waals surface area contributed by atoms with Gasteiger partial charge in [0.2, 0.25) is 0 Å². The Kier molecular flexibility index (Phi) is 6.77. The van der Waals surface area contributed by atoms with Crippen molar-refractivity contribution in [1.29, 1.82) is 0 Å². The summed E-state index contributed by atoms with van der Waals surface area (Å²) in [5.74, 6) is -0.898. The van der Waals surface area contributed by atoms with E-state index in [0.29, 0.717) is 16.8 Å². The van der Waals surface area contributed by atoms with Crippen LogP contribution in [0.2, 0.25) is 0 Å². The van der Waals surface area contributed by atoms with E-state index in [-0.39, 0.29) is 23.9 Å². The van der Waals surface area contributed by atoms with Gasteiger partial charge in [-0.05, 0) is 36.8 Å². The van der Waals surface area contributed by atoms with E-state index in [1.807, 2.05) is 0 Å². The number of nitrogens with zero attached hydrogens (tertiary/aromatic N) is 1. The van der Waals surface area contributed by atoms with Crippen molar-refractivity contribution >= 4 is 11.7 Å². The summed E-state index contributed by atoms with van der Waals surface area (Å²) in [7, 11) is 0. The number of hydrogen-bond donors (Lipinski definition) is 1. The molecule has 0 bridgehead atoms. The summed E-state index contributed by atoms with van der Waals surface area (Å²) >= 11 is 0. The molecule has 0 aliphatic heterocycles. The third-order valence-electron chi connectivity index (χ3n) is 4.02. The number of ketones is 1. The smallest absolute Gasteiger partial charge is 0.406 e. The Balaban J connectivity index is 2.08. The minimum absolute atomic E-state index is 0.0138. The topological polar surface area (TPSA) is 68.3 Å². The highest BCUT2D eigenvalue weighted by Gasteiger charge is 2.31. The molecule has 2 rings (SSSR count). The summed E-state index contributed by atoms with van der Waals surface area (Å²) in [5.41, 5.74) is 1.26. The molecule has 0 spiro atoms. The van der Waals surface area contributed by atoms with Crippen molar-refractivity contribution in [2.75, 3.05) is 0 Å². The van der Waals surface area contributed by atoms with Crippen molar-refractivity contribution in [2.45, 2.75) is 39.6 Å². The maximum absolute atomic E-state index is 12.5. The Morgan fingerprint density at radius 2 is 1.86 bits per heavy atom. The summed E-state index contributed by atoms with van der Waals surface area (Å²) < 4.78 is 41.0. The first-order chi connectivity index (χ1) is 13.0. The Morgan fingerprint density at radius 1 is 1.14 bits per heavy atom. The summed E-state index contributed by atoms with van der Waals surface area (Å²) in [6, 6.07) is 7.90. The van der Waals surface area contributed by atoms with Gasteiger partial charge in [0.25, 0.3) is 5.91 Å². The number of ether oxygens (including phenoxy) is 1. The first-order valence-electron chi connectivity index (χ1n) is 8.69. The maximum Gasteiger partial charge on any atom is 0.573 e. The molecule has 1 N–H and O–H groups in total. The van der Waals surface area contributed by atoms with E-state index in [4.69, 9.17) is 0 Å². The Hall–Kier alpha value is -2.90. The second kappa shape index (κ2) is 8.86. The van der Waals surface area contributed by atoms with Crippen LogP contribution in [-0.4, -0.2) is 23.0 Å². The molecule has 28 heavy (non-hydrogen) atoms. The number of carbonyl (C=O) groups is 2. The van der Waals surface area contributed by atoms with Gasteiger partial charge in [-0.2, -0.15) is 0 Å². The Morgan fingerprint density at radius 3 is 2.50 bits per heavy atom. The molecule has 0 aliphatic rings. The van der Waals surface area contributed by atoms with E-state index in [9.17, 15) is 22.8 Å². The molecule has 0 fully saturated rings. The van der Waals surface area contributed by atoms with Gasteiger partial charge in [-0.25, -0.2) is 0 Å². The number of pyridine rings is 1. The molecular weight excluding hydrogens is 373 g/mol. The molecule has 1 atom stereocenters. The zero-order valence-corrected chi connectivity index (χ0v) is 15.7. The molecule has 8 heteroatoms. The highest BCUT2D eigenvalue weighted by Crippen LogP contribution is 2.25.